The largest absolute Gasteiger partial charge is 0.490 e. The highest BCUT2D eigenvalue weighted by atomic mass is 35.5. The molecule has 6 heteroatoms. The molecule has 0 saturated heterocycles. The third kappa shape index (κ3) is 3.26. The Kier molecular flexibility index (Phi) is 4.06. The fraction of sp³-hybridized carbons (Fsp3) is 0.188. The summed E-state index contributed by atoms with van der Waals surface area (Å²) in [7, 11) is 2.00. The number of nitrogens with one attached hydrogen (secondary N) is 2. The zero-order valence-corrected chi connectivity index (χ0v) is 12.9. The first kappa shape index (κ1) is 14.5. The minimum absolute atomic E-state index is 0.304. The van der Waals surface area contributed by atoms with Crippen molar-refractivity contribution in [3.63, 3.8) is 0 Å². The first-order valence-corrected chi connectivity index (χ1v) is 7.31. The molecule has 5 nitrogen and oxygen atoms in total. The van der Waals surface area contributed by atoms with E-state index in [9.17, 15) is 4.79 Å². The third-order valence-corrected chi connectivity index (χ3v) is 3.67. The topological polar surface area (TPSA) is 53.6 Å². The highest BCUT2D eigenvalue weighted by Gasteiger charge is 2.15. The van der Waals surface area contributed by atoms with Crippen molar-refractivity contribution in [3.8, 4) is 5.75 Å². The molecule has 1 aliphatic rings. The van der Waals surface area contributed by atoms with Crippen molar-refractivity contribution < 1.29 is 9.53 Å². The molecule has 0 radical (unpaired) electrons. The monoisotopic (exact) mass is 317 g/mol. The maximum absolute atomic E-state index is 12.0. The zero-order valence-electron chi connectivity index (χ0n) is 12.1. The molecule has 114 valence electrons. The van der Waals surface area contributed by atoms with Crippen molar-refractivity contribution >= 4 is 34.7 Å². The van der Waals surface area contributed by atoms with E-state index in [0.717, 1.165) is 18.0 Å². The molecule has 0 spiro atoms. The Bertz CT molecular complexity index is 688. The SMILES string of the molecule is CN1CCOc2ccc(NC(=O)Nc3ccc(Cl)cc3)cc21. The maximum Gasteiger partial charge on any atom is 0.323 e. The molecule has 2 aromatic carbocycles. The van der Waals surface area contributed by atoms with Gasteiger partial charge in [0, 0.05) is 23.4 Å². The summed E-state index contributed by atoms with van der Waals surface area (Å²) in [5, 5.41) is 6.19. The molecule has 2 amide bonds. The van der Waals surface area contributed by atoms with Crippen LogP contribution in [0.2, 0.25) is 5.02 Å². The first-order valence-electron chi connectivity index (χ1n) is 6.93. The lowest BCUT2D eigenvalue weighted by molar-refractivity contribution is 0.262. The van der Waals surface area contributed by atoms with E-state index in [1.807, 2.05) is 25.2 Å². The van der Waals surface area contributed by atoms with Crippen molar-refractivity contribution in [2.75, 3.05) is 35.7 Å². The number of carbonyl (C=O) groups is 1. The molecule has 0 aromatic heterocycles. The summed E-state index contributed by atoms with van der Waals surface area (Å²) in [6, 6.07) is 12.2. The number of ether oxygens (including phenoxy) is 1. The number of amides is 2. The van der Waals surface area contributed by atoms with Crippen LogP contribution >= 0.6 is 11.6 Å². The van der Waals surface area contributed by atoms with Crippen molar-refractivity contribution in [2.45, 2.75) is 0 Å². The van der Waals surface area contributed by atoms with Gasteiger partial charge in [-0.3, -0.25) is 0 Å². The fourth-order valence-corrected chi connectivity index (χ4v) is 2.38. The van der Waals surface area contributed by atoms with E-state index in [2.05, 4.69) is 15.5 Å². The Hall–Kier alpha value is -2.40. The molecule has 2 aromatic rings. The second-order valence-corrected chi connectivity index (χ2v) is 5.47. The lowest BCUT2D eigenvalue weighted by Crippen LogP contribution is -2.29. The zero-order chi connectivity index (χ0) is 15.5. The van der Waals surface area contributed by atoms with Crippen molar-refractivity contribution in [2.24, 2.45) is 0 Å². The number of halogens is 1. The molecule has 0 unspecified atom stereocenters. The molecular weight excluding hydrogens is 302 g/mol. The van der Waals surface area contributed by atoms with E-state index in [0.29, 0.717) is 23.0 Å². The number of fused-ring (bicyclic) bond motifs is 1. The molecule has 0 saturated carbocycles. The van der Waals surface area contributed by atoms with Crippen LogP contribution in [0.1, 0.15) is 0 Å². The minimum atomic E-state index is -0.304. The number of hydrogen-bond donors (Lipinski definition) is 2. The lowest BCUT2D eigenvalue weighted by Gasteiger charge is -2.28. The predicted molar refractivity (Wildman–Crippen MR) is 89.3 cm³/mol. The molecule has 3 rings (SSSR count). The Morgan fingerprint density at radius 3 is 2.59 bits per heavy atom. The lowest BCUT2D eigenvalue weighted by atomic mass is 10.2. The van der Waals surface area contributed by atoms with Gasteiger partial charge in [0.25, 0.3) is 0 Å². The summed E-state index contributed by atoms with van der Waals surface area (Å²) in [6.07, 6.45) is 0. The number of nitrogens with zero attached hydrogens (tertiary/aromatic N) is 1. The summed E-state index contributed by atoms with van der Waals surface area (Å²) in [5.41, 5.74) is 2.36. The molecule has 0 aliphatic carbocycles. The summed E-state index contributed by atoms with van der Waals surface area (Å²) < 4.78 is 5.58. The Labute approximate surface area is 133 Å². The molecule has 0 atom stereocenters. The van der Waals surface area contributed by atoms with E-state index in [4.69, 9.17) is 16.3 Å². The van der Waals surface area contributed by atoms with E-state index in [1.54, 1.807) is 24.3 Å². The highest BCUT2D eigenvalue weighted by Crippen LogP contribution is 2.33. The molecular formula is C16H16ClN3O2. The van der Waals surface area contributed by atoms with Gasteiger partial charge >= 0.3 is 6.03 Å². The Balaban J connectivity index is 1.69. The third-order valence-electron chi connectivity index (χ3n) is 3.41. The van der Waals surface area contributed by atoms with Gasteiger partial charge in [0.1, 0.15) is 12.4 Å². The molecule has 0 fully saturated rings. The average Bonchev–Trinajstić information content (AvgIpc) is 2.50. The Morgan fingerprint density at radius 1 is 1.14 bits per heavy atom. The number of hydrogen-bond acceptors (Lipinski definition) is 3. The highest BCUT2D eigenvalue weighted by molar-refractivity contribution is 6.30. The summed E-state index contributed by atoms with van der Waals surface area (Å²) >= 11 is 5.81. The minimum Gasteiger partial charge on any atom is -0.490 e. The Morgan fingerprint density at radius 2 is 1.82 bits per heavy atom. The van der Waals surface area contributed by atoms with Gasteiger partial charge in [0.2, 0.25) is 0 Å². The van der Waals surface area contributed by atoms with Gasteiger partial charge in [-0.1, -0.05) is 11.6 Å². The van der Waals surface area contributed by atoms with E-state index in [-0.39, 0.29) is 6.03 Å². The number of anilines is 3. The van der Waals surface area contributed by atoms with Crippen LogP contribution in [0.3, 0.4) is 0 Å². The van der Waals surface area contributed by atoms with Crippen LogP contribution in [0.5, 0.6) is 5.75 Å². The first-order chi connectivity index (χ1) is 10.6. The van der Waals surface area contributed by atoms with Crippen LogP contribution in [0, 0.1) is 0 Å². The normalized spacial score (nSPS) is 13.1. The van der Waals surface area contributed by atoms with Crippen LogP contribution in [-0.4, -0.2) is 26.2 Å². The summed E-state index contributed by atoms with van der Waals surface area (Å²) in [6.45, 7) is 1.50. The number of carbonyl (C=O) groups excluding carboxylic acids is 1. The average molecular weight is 318 g/mol. The number of urea groups is 1. The fourth-order valence-electron chi connectivity index (χ4n) is 2.26. The van der Waals surface area contributed by atoms with E-state index >= 15 is 0 Å². The van der Waals surface area contributed by atoms with Crippen LogP contribution < -0.4 is 20.3 Å². The van der Waals surface area contributed by atoms with Gasteiger partial charge in [-0.05, 0) is 42.5 Å². The second kappa shape index (κ2) is 6.15. The van der Waals surface area contributed by atoms with Gasteiger partial charge in [-0.2, -0.15) is 0 Å². The van der Waals surface area contributed by atoms with Crippen LogP contribution in [0.25, 0.3) is 0 Å². The summed E-state index contributed by atoms with van der Waals surface area (Å²) in [4.78, 5) is 14.1. The van der Waals surface area contributed by atoms with Gasteiger partial charge < -0.3 is 20.3 Å². The number of rotatable bonds is 2. The predicted octanol–water partition coefficient (Wildman–Crippen LogP) is 3.81. The van der Waals surface area contributed by atoms with E-state index in [1.165, 1.54) is 0 Å². The van der Waals surface area contributed by atoms with Gasteiger partial charge in [-0.25, -0.2) is 4.79 Å². The van der Waals surface area contributed by atoms with Crippen molar-refractivity contribution in [1.82, 2.24) is 0 Å². The standard InChI is InChI=1S/C16H16ClN3O2/c1-20-8-9-22-15-7-6-13(10-14(15)20)19-16(21)18-12-4-2-11(17)3-5-12/h2-7,10H,8-9H2,1H3,(H2,18,19,21). The quantitative estimate of drug-likeness (QED) is 0.885. The smallest absolute Gasteiger partial charge is 0.323 e. The maximum atomic E-state index is 12.0. The van der Waals surface area contributed by atoms with Crippen LogP contribution in [0.15, 0.2) is 42.5 Å². The molecule has 2 N–H and O–H groups in total. The van der Waals surface area contributed by atoms with Gasteiger partial charge in [0.05, 0.1) is 12.2 Å². The second-order valence-electron chi connectivity index (χ2n) is 5.04. The van der Waals surface area contributed by atoms with Gasteiger partial charge in [0.15, 0.2) is 0 Å². The van der Waals surface area contributed by atoms with Crippen LogP contribution in [0.4, 0.5) is 21.9 Å². The van der Waals surface area contributed by atoms with Crippen LogP contribution in [-0.2, 0) is 0 Å². The summed E-state index contributed by atoms with van der Waals surface area (Å²) in [5.74, 6) is 0.831. The van der Waals surface area contributed by atoms with Crippen molar-refractivity contribution in [1.29, 1.82) is 0 Å². The molecule has 0 bridgehead atoms. The molecule has 22 heavy (non-hydrogen) atoms. The number of benzene rings is 2. The van der Waals surface area contributed by atoms with Gasteiger partial charge in [-0.15, -0.1) is 0 Å². The van der Waals surface area contributed by atoms with E-state index < -0.39 is 0 Å². The molecule has 1 aliphatic heterocycles. The number of likely N-dealkylation sites (N-methyl/N-ethyl adjacent to an activating group) is 1. The van der Waals surface area contributed by atoms with Crippen molar-refractivity contribution in [3.05, 3.63) is 47.5 Å². The molecule has 1 heterocycles.